The summed E-state index contributed by atoms with van der Waals surface area (Å²) in [6.45, 7) is 0. The van der Waals surface area contributed by atoms with Gasteiger partial charge in [-0.25, -0.2) is 0 Å². The molecule has 10 rings (SSSR count). The van der Waals surface area contributed by atoms with Crippen LogP contribution in [0.2, 0.25) is 0 Å². The van der Waals surface area contributed by atoms with Crippen LogP contribution in [0.4, 0.5) is 17.1 Å². The second-order valence-corrected chi connectivity index (χ2v) is 15.1. The summed E-state index contributed by atoms with van der Waals surface area (Å²) in [6.07, 6.45) is 0. The summed E-state index contributed by atoms with van der Waals surface area (Å²) in [5, 5.41) is 2.58. The number of rotatable bonds is 8. The summed E-state index contributed by atoms with van der Waals surface area (Å²) in [5.41, 5.74) is 15.2. The van der Waals surface area contributed by atoms with Crippen molar-refractivity contribution in [2.24, 2.45) is 0 Å². The first-order valence-corrected chi connectivity index (χ1v) is 19.9. The highest BCUT2D eigenvalue weighted by atomic mass is 32.1. The molecule has 0 spiro atoms. The Balaban J connectivity index is 1.29. The Kier molecular flexibility index (Phi) is 8.79. The second-order valence-electron chi connectivity index (χ2n) is 14.1. The number of nitrogens with zero attached hydrogens (tertiary/aromatic N) is 1. The van der Waals surface area contributed by atoms with Crippen LogP contribution in [0.3, 0.4) is 0 Å². The molecule has 1 aromatic heterocycles. The van der Waals surface area contributed by atoms with Crippen LogP contribution >= 0.6 is 11.3 Å². The highest BCUT2D eigenvalue weighted by Gasteiger charge is 2.24. The first-order valence-electron chi connectivity index (χ1n) is 19.1. The largest absolute Gasteiger partial charge is 0.310 e. The van der Waals surface area contributed by atoms with E-state index >= 15 is 0 Å². The van der Waals surface area contributed by atoms with Gasteiger partial charge in [0.1, 0.15) is 0 Å². The summed E-state index contributed by atoms with van der Waals surface area (Å²) in [5.74, 6) is 0. The van der Waals surface area contributed by atoms with Crippen molar-refractivity contribution >= 4 is 48.6 Å². The Hall–Kier alpha value is -7.00. The van der Waals surface area contributed by atoms with Gasteiger partial charge in [0.25, 0.3) is 0 Å². The fourth-order valence-corrected chi connectivity index (χ4v) is 9.23. The zero-order chi connectivity index (χ0) is 37.3. The monoisotopic (exact) mass is 731 g/mol. The Bertz CT molecular complexity index is 2870. The van der Waals surface area contributed by atoms with Crippen LogP contribution in [0.25, 0.3) is 75.8 Å². The number of anilines is 3. The first-order chi connectivity index (χ1) is 27.8. The molecule has 0 bridgehead atoms. The van der Waals surface area contributed by atoms with Gasteiger partial charge >= 0.3 is 0 Å². The molecule has 0 saturated carbocycles. The third-order valence-electron chi connectivity index (χ3n) is 10.7. The van der Waals surface area contributed by atoms with Crippen LogP contribution in [0.5, 0.6) is 0 Å². The number of thiophene rings is 1. The highest BCUT2D eigenvalue weighted by molar-refractivity contribution is 7.26. The SMILES string of the molecule is c1ccc(-c2ccc(N(c3cc(-c4ccccc4)cc(-c4ccccc4)c3)c3cccc(-c4ccccc4)c3-c3cccc4c3sc3ccccc34)cc2)cc1. The third kappa shape index (κ3) is 6.26. The van der Waals surface area contributed by atoms with Crippen LogP contribution < -0.4 is 4.90 Å². The van der Waals surface area contributed by atoms with E-state index < -0.39 is 0 Å². The van der Waals surface area contributed by atoms with Gasteiger partial charge in [0.2, 0.25) is 0 Å². The summed E-state index contributed by atoms with van der Waals surface area (Å²) in [6, 6.07) is 81.5. The van der Waals surface area contributed by atoms with Gasteiger partial charge in [0.05, 0.1) is 5.69 Å². The Morgan fingerprint density at radius 3 is 1.41 bits per heavy atom. The Labute approximate surface area is 332 Å². The van der Waals surface area contributed by atoms with Crippen molar-refractivity contribution in [1.29, 1.82) is 0 Å². The summed E-state index contributed by atoms with van der Waals surface area (Å²) < 4.78 is 2.59. The standard InChI is InChI=1S/C54H37NS/c1-5-17-38(18-6-1)41-31-33-45(34-32-41)55(46-36-43(39-19-7-2-8-20-39)35-44(37-46)40-21-9-3-10-22-40)51-29-16-26-47(42-23-11-4-12-24-42)53(51)50-28-15-27-49-48-25-13-14-30-52(48)56-54(49)50/h1-37H. The van der Waals surface area contributed by atoms with Crippen molar-refractivity contribution in [3.05, 3.63) is 224 Å². The van der Waals surface area contributed by atoms with Crippen molar-refractivity contribution in [3.8, 4) is 55.6 Å². The first kappa shape index (κ1) is 33.6. The second kappa shape index (κ2) is 14.7. The van der Waals surface area contributed by atoms with E-state index in [0.29, 0.717) is 0 Å². The van der Waals surface area contributed by atoms with Crippen molar-refractivity contribution in [2.75, 3.05) is 4.90 Å². The Morgan fingerprint density at radius 2 is 0.786 bits per heavy atom. The zero-order valence-electron chi connectivity index (χ0n) is 30.7. The van der Waals surface area contributed by atoms with Crippen LogP contribution in [-0.4, -0.2) is 0 Å². The van der Waals surface area contributed by atoms with E-state index in [0.717, 1.165) is 17.1 Å². The van der Waals surface area contributed by atoms with Gasteiger partial charge in [-0.1, -0.05) is 182 Å². The van der Waals surface area contributed by atoms with Crippen molar-refractivity contribution in [3.63, 3.8) is 0 Å². The predicted octanol–water partition coefficient (Wildman–Crippen LogP) is 15.9. The minimum absolute atomic E-state index is 1.09. The molecule has 0 saturated heterocycles. The van der Waals surface area contributed by atoms with Gasteiger partial charge in [0.15, 0.2) is 0 Å². The van der Waals surface area contributed by atoms with Crippen molar-refractivity contribution in [1.82, 2.24) is 0 Å². The summed E-state index contributed by atoms with van der Waals surface area (Å²) in [4.78, 5) is 2.47. The summed E-state index contributed by atoms with van der Waals surface area (Å²) in [7, 11) is 0. The molecular weight excluding hydrogens is 695 g/mol. The molecule has 0 N–H and O–H groups in total. The fourth-order valence-electron chi connectivity index (χ4n) is 8.01. The topological polar surface area (TPSA) is 3.24 Å². The quantitative estimate of drug-likeness (QED) is 0.150. The van der Waals surface area contributed by atoms with E-state index in [-0.39, 0.29) is 0 Å². The maximum absolute atomic E-state index is 2.47. The van der Waals surface area contributed by atoms with Gasteiger partial charge < -0.3 is 4.90 Å². The molecule has 2 heteroatoms. The molecule has 56 heavy (non-hydrogen) atoms. The lowest BCUT2D eigenvalue weighted by Gasteiger charge is -2.30. The molecule has 9 aromatic carbocycles. The fraction of sp³-hybridized carbons (Fsp3) is 0. The van der Waals surface area contributed by atoms with Crippen LogP contribution in [0.15, 0.2) is 224 Å². The molecule has 0 radical (unpaired) electrons. The van der Waals surface area contributed by atoms with Crippen LogP contribution in [0, 0.1) is 0 Å². The van der Waals surface area contributed by atoms with Gasteiger partial charge in [-0.3, -0.25) is 0 Å². The van der Waals surface area contributed by atoms with E-state index in [1.807, 2.05) is 11.3 Å². The molecule has 1 heterocycles. The lowest BCUT2D eigenvalue weighted by Crippen LogP contribution is -2.12. The molecule has 0 fully saturated rings. The predicted molar refractivity (Wildman–Crippen MR) is 241 cm³/mol. The molecule has 0 unspecified atom stereocenters. The van der Waals surface area contributed by atoms with Gasteiger partial charge in [-0.15, -0.1) is 11.3 Å². The van der Waals surface area contributed by atoms with Crippen LogP contribution in [0.1, 0.15) is 0 Å². The molecule has 0 atom stereocenters. The van der Waals surface area contributed by atoms with Crippen molar-refractivity contribution in [2.45, 2.75) is 0 Å². The van der Waals surface area contributed by atoms with Gasteiger partial charge in [0, 0.05) is 42.7 Å². The lowest BCUT2D eigenvalue weighted by atomic mass is 9.91. The van der Waals surface area contributed by atoms with Gasteiger partial charge in [-0.2, -0.15) is 0 Å². The molecule has 0 aliphatic carbocycles. The van der Waals surface area contributed by atoms with E-state index in [4.69, 9.17) is 0 Å². The lowest BCUT2D eigenvalue weighted by molar-refractivity contribution is 1.28. The van der Waals surface area contributed by atoms with E-state index in [1.165, 1.54) is 75.8 Å². The van der Waals surface area contributed by atoms with Crippen molar-refractivity contribution < 1.29 is 0 Å². The number of hydrogen-bond donors (Lipinski definition) is 0. The normalized spacial score (nSPS) is 11.2. The van der Waals surface area contributed by atoms with Crippen LogP contribution in [-0.2, 0) is 0 Å². The minimum Gasteiger partial charge on any atom is -0.310 e. The third-order valence-corrected chi connectivity index (χ3v) is 11.9. The smallest absolute Gasteiger partial charge is 0.0546 e. The van der Waals surface area contributed by atoms with E-state index in [9.17, 15) is 0 Å². The average molecular weight is 732 g/mol. The van der Waals surface area contributed by atoms with E-state index in [2.05, 4.69) is 229 Å². The molecule has 0 aliphatic heterocycles. The maximum atomic E-state index is 2.47. The average Bonchev–Trinajstić information content (AvgIpc) is 3.67. The number of benzene rings is 9. The molecule has 0 aliphatic rings. The summed E-state index contributed by atoms with van der Waals surface area (Å²) >= 11 is 1.88. The molecule has 0 amide bonds. The van der Waals surface area contributed by atoms with Gasteiger partial charge in [-0.05, 0) is 87.0 Å². The van der Waals surface area contributed by atoms with E-state index in [1.54, 1.807) is 0 Å². The highest BCUT2D eigenvalue weighted by Crippen LogP contribution is 2.50. The zero-order valence-corrected chi connectivity index (χ0v) is 31.5. The molecule has 264 valence electrons. The molecular formula is C54H37NS. The number of fused-ring (bicyclic) bond motifs is 3. The molecule has 1 nitrogen and oxygen atoms in total. The Morgan fingerprint density at radius 1 is 0.304 bits per heavy atom. The molecule has 10 aromatic rings. The minimum atomic E-state index is 1.09. The number of hydrogen-bond acceptors (Lipinski definition) is 2. The maximum Gasteiger partial charge on any atom is 0.0546 e.